The van der Waals surface area contributed by atoms with Crippen LogP contribution in [0.2, 0.25) is 0 Å². The third-order valence-corrected chi connectivity index (χ3v) is 4.59. The molecule has 1 N–H and O–H groups in total. The number of aliphatic hydroxyl groups excluding tert-OH is 1. The van der Waals surface area contributed by atoms with Crippen LogP contribution < -0.4 is 9.80 Å². The van der Waals surface area contributed by atoms with E-state index in [0.717, 1.165) is 0 Å². The smallest absolute Gasteiger partial charge is 0.355 e. The van der Waals surface area contributed by atoms with Gasteiger partial charge in [-0.05, 0) is 30.7 Å². The van der Waals surface area contributed by atoms with Crippen molar-refractivity contribution in [1.29, 1.82) is 0 Å². The minimum Gasteiger partial charge on any atom is -0.465 e. The second-order valence-electron chi connectivity index (χ2n) is 6.31. The average molecular weight is 388 g/mol. The van der Waals surface area contributed by atoms with Gasteiger partial charge in [0.25, 0.3) is 0 Å². The molecular formula is C20H21FN2O5. The number of nitrogens with zero attached hydrogens (tertiary/aromatic N) is 2. The van der Waals surface area contributed by atoms with Gasteiger partial charge in [-0.15, -0.1) is 0 Å². The fraction of sp³-hybridized carbons (Fsp3) is 0.300. The van der Waals surface area contributed by atoms with Crippen LogP contribution in [0.3, 0.4) is 0 Å². The maximum absolute atomic E-state index is 14.8. The number of aliphatic hydroxyl groups is 1. The maximum Gasteiger partial charge on any atom is 0.355 e. The molecule has 1 aromatic rings. The van der Waals surface area contributed by atoms with Crippen molar-refractivity contribution in [3.8, 4) is 0 Å². The van der Waals surface area contributed by atoms with Gasteiger partial charge in [-0.1, -0.05) is 12.1 Å². The molecule has 7 nitrogen and oxygen atoms in total. The lowest BCUT2D eigenvalue weighted by Gasteiger charge is -2.29. The second-order valence-corrected chi connectivity index (χ2v) is 6.31. The Balaban J connectivity index is 2.20. The van der Waals surface area contributed by atoms with Gasteiger partial charge in [-0.2, -0.15) is 0 Å². The van der Waals surface area contributed by atoms with Crippen LogP contribution >= 0.6 is 0 Å². The molecule has 3 rings (SSSR count). The Kier molecular flexibility index (Phi) is 5.79. The highest BCUT2D eigenvalue weighted by molar-refractivity contribution is 6.06. The van der Waals surface area contributed by atoms with Gasteiger partial charge in [0.2, 0.25) is 0 Å². The van der Waals surface area contributed by atoms with Gasteiger partial charge in [0, 0.05) is 19.3 Å². The van der Waals surface area contributed by atoms with Crippen LogP contribution in [-0.4, -0.2) is 50.5 Å². The van der Waals surface area contributed by atoms with E-state index in [2.05, 4.69) is 0 Å². The first-order valence-electron chi connectivity index (χ1n) is 8.74. The van der Waals surface area contributed by atoms with Crippen LogP contribution in [0.1, 0.15) is 6.42 Å². The number of para-hydroxylation sites is 1. The molecule has 1 saturated heterocycles. The third kappa shape index (κ3) is 3.63. The quantitative estimate of drug-likeness (QED) is 0.789. The van der Waals surface area contributed by atoms with E-state index in [1.807, 2.05) is 0 Å². The van der Waals surface area contributed by atoms with Crippen LogP contribution in [0.4, 0.5) is 15.8 Å². The van der Waals surface area contributed by atoms with Crippen LogP contribution in [0.25, 0.3) is 0 Å². The Hall–Kier alpha value is -3.13. The summed E-state index contributed by atoms with van der Waals surface area (Å²) in [6.07, 6.45) is 6.13. The van der Waals surface area contributed by atoms with Gasteiger partial charge in [0.15, 0.2) is 0 Å². The predicted molar refractivity (Wildman–Crippen MR) is 101 cm³/mol. The van der Waals surface area contributed by atoms with Gasteiger partial charge < -0.3 is 24.4 Å². The maximum atomic E-state index is 14.8. The first-order valence-corrected chi connectivity index (χ1v) is 8.74. The Morgan fingerprint density at radius 2 is 1.93 bits per heavy atom. The Labute approximate surface area is 161 Å². The number of anilines is 2. The largest absolute Gasteiger partial charge is 0.465 e. The van der Waals surface area contributed by atoms with E-state index < -0.39 is 23.9 Å². The minimum atomic E-state index is -0.770. The van der Waals surface area contributed by atoms with E-state index in [4.69, 9.17) is 9.47 Å². The van der Waals surface area contributed by atoms with E-state index in [0.29, 0.717) is 18.7 Å². The van der Waals surface area contributed by atoms with Gasteiger partial charge >= 0.3 is 11.9 Å². The summed E-state index contributed by atoms with van der Waals surface area (Å²) in [5.74, 6) is -1.99. The molecule has 2 aliphatic rings. The highest BCUT2D eigenvalue weighted by Gasteiger charge is 2.32. The van der Waals surface area contributed by atoms with Crippen molar-refractivity contribution < 1.29 is 28.6 Å². The lowest BCUT2D eigenvalue weighted by Crippen LogP contribution is -2.30. The number of halogens is 1. The standard InChI is InChI=1S/C20H21FN2O5/c1-27-19(25)14-6-3-4-10-23(17(14)20(26)28-2)16-8-5-7-15(21)18(16)22-11-9-13(24)12-22/h3-8,10,13,24H,9,11-12H2,1-2H3. The van der Waals surface area contributed by atoms with E-state index in [-0.39, 0.29) is 23.5 Å². The fourth-order valence-electron chi connectivity index (χ4n) is 3.31. The zero-order chi connectivity index (χ0) is 20.3. The van der Waals surface area contributed by atoms with E-state index in [9.17, 15) is 19.1 Å². The van der Waals surface area contributed by atoms with E-state index >= 15 is 0 Å². The van der Waals surface area contributed by atoms with Crippen LogP contribution in [0.15, 0.2) is 53.9 Å². The monoisotopic (exact) mass is 388 g/mol. The lowest BCUT2D eigenvalue weighted by atomic mass is 10.1. The SMILES string of the molecule is COC(=O)C1=C(C(=O)OC)N(c2cccc(F)c2N2CCC(O)C2)C=CC=C1. The topological polar surface area (TPSA) is 79.3 Å². The molecular weight excluding hydrogens is 367 g/mol. The molecule has 0 saturated carbocycles. The van der Waals surface area contributed by atoms with Crippen molar-refractivity contribution in [3.05, 3.63) is 59.7 Å². The van der Waals surface area contributed by atoms with Gasteiger partial charge in [0.05, 0.1) is 37.3 Å². The molecule has 1 aromatic carbocycles. The fourth-order valence-corrected chi connectivity index (χ4v) is 3.31. The normalized spacial score (nSPS) is 19.1. The van der Waals surface area contributed by atoms with E-state index in [1.165, 1.54) is 37.3 Å². The molecule has 148 valence electrons. The number of allylic oxidation sites excluding steroid dienone is 2. The molecule has 1 unspecified atom stereocenters. The number of esters is 2. The zero-order valence-electron chi connectivity index (χ0n) is 15.6. The molecule has 2 aliphatic heterocycles. The Morgan fingerprint density at radius 3 is 2.57 bits per heavy atom. The number of benzene rings is 1. The Morgan fingerprint density at radius 1 is 1.18 bits per heavy atom. The molecule has 0 aliphatic carbocycles. The molecule has 28 heavy (non-hydrogen) atoms. The van der Waals surface area contributed by atoms with Crippen molar-refractivity contribution in [3.63, 3.8) is 0 Å². The van der Waals surface area contributed by atoms with E-state index in [1.54, 1.807) is 29.3 Å². The summed E-state index contributed by atoms with van der Waals surface area (Å²) in [5, 5.41) is 9.88. The highest BCUT2D eigenvalue weighted by atomic mass is 19.1. The number of rotatable bonds is 4. The number of carbonyl (C=O) groups is 2. The van der Waals surface area contributed by atoms with Crippen LogP contribution in [0, 0.1) is 5.82 Å². The zero-order valence-corrected chi connectivity index (χ0v) is 15.6. The minimum absolute atomic E-state index is 0.0176. The number of carbonyl (C=O) groups excluding carboxylic acids is 2. The summed E-state index contributed by atoms with van der Waals surface area (Å²) in [5.41, 5.74) is 0.467. The van der Waals surface area contributed by atoms with Crippen LogP contribution in [-0.2, 0) is 19.1 Å². The van der Waals surface area contributed by atoms with Crippen molar-refractivity contribution in [2.45, 2.75) is 12.5 Å². The molecule has 1 fully saturated rings. The Bertz CT molecular complexity index is 877. The van der Waals surface area contributed by atoms with Gasteiger partial charge in [-0.3, -0.25) is 0 Å². The summed E-state index contributed by atoms with van der Waals surface area (Å²) in [4.78, 5) is 27.9. The predicted octanol–water partition coefficient (Wildman–Crippen LogP) is 1.89. The molecule has 2 heterocycles. The summed E-state index contributed by atoms with van der Waals surface area (Å²) in [6, 6.07) is 4.46. The molecule has 8 heteroatoms. The number of hydrogen-bond acceptors (Lipinski definition) is 7. The van der Waals surface area contributed by atoms with Gasteiger partial charge in [0.1, 0.15) is 11.5 Å². The van der Waals surface area contributed by atoms with Crippen LogP contribution in [0.5, 0.6) is 0 Å². The van der Waals surface area contributed by atoms with Crippen molar-refractivity contribution >= 4 is 23.3 Å². The summed E-state index contributed by atoms with van der Waals surface area (Å²) in [7, 11) is 2.41. The molecule has 0 spiro atoms. The summed E-state index contributed by atoms with van der Waals surface area (Å²) >= 11 is 0. The lowest BCUT2D eigenvalue weighted by molar-refractivity contribution is -0.139. The molecule has 0 radical (unpaired) electrons. The first-order chi connectivity index (χ1) is 13.5. The highest BCUT2D eigenvalue weighted by Crippen LogP contribution is 2.38. The molecule has 0 aromatic heterocycles. The number of ether oxygens (including phenoxy) is 2. The van der Waals surface area contributed by atoms with Crippen molar-refractivity contribution in [2.24, 2.45) is 0 Å². The molecule has 0 bridgehead atoms. The number of methoxy groups -OCH3 is 2. The van der Waals surface area contributed by atoms with Crippen molar-refractivity contribution in [2.75, 3.05) is 37.1 Å². The van der Waals surface area contributed by atoms with Gasteiger partial charge in [-0.25, -0.2) is 14.0 Å². The van der Waals surface area contributed by atoms with Crippen molar-refractivity contribution in [1.82, 2.24) is 0 Å². The molecule has 0 amide bonds. The first kappa shape index (κ1) is 19.6. The number of hydrogen-bond donors (Lipinski definition) is 1. The number of β-amino-alcohol motifs (C(OH)–C–C–N with tert-alkyl or cyclic N) is 1. The average Bonchev–Trinajstić information content (AvgIpc) is 3.00. The summed E-state index contributed by atoms with van der Waals surface area (Å²) < 4.78 is 24.5. The summed E-state index contributed by atoms with van der Waals surface area (Å²) in [6.45, 7) is 0.733. The second kappa shape index (κ2) is 8.26. The third-order valence-electron chi connectivity index (χ3n) is 4.59. The molecule has 1 atom stereocenters.